The van der Waals surface area contributed by atoms with E-state index >= 15 is 0 Å². The minimum Gasteiger partial charge on any atom is -0.300 e. The maximum absolute atomic E-state index is 10.8. The number of benzene rings is 1. The predicted octanol–water partition coefficient (Wildman–Crippen LogP) is 1.32. The minimum absolute atomic E-state index is 0.278. The maximum atomic E-state index is 10.8. The first-order valence-corrected chi connectivity index (χ1v) is 7.33. The van der Waals surface area contributed by atoms with Crippen LogP contribution in [-0.2, 0) is 19.1 Å². The van der Waals surface area contributed by atoms with Crippen molar-refractivity contribution in [3.8, 4) is 0 Å². The molecule has 1 aromatic carbocycles. The predicted molar refractivity (Wildman–Crippen MR) is 62.9 cm³/mol. The number of carbonyl (C=O) groups excluding carboxylic acids is 1. The van der Waals surface area contributed by atoms with Crippen molar-refractivity contribution >= 4 is 28.2 Å². The second-order valence-corrected chi connectivity index (χ2v) is 5.79. The fraction of sp³-hybridized carbons (Fsp3) is 0.300. The summed E-state index contributed by atoms with van der Waals surface area (Å²) in [6, 6.07) is 9.39. The van der Waals surface area contributed by atoms with Crippen molar-refractivity contribution in [3.63, 3.8) is 0 Å². The fourth-order valence-corrected chi connectivity index (χ4v) is 2.51. The van der Waals surface area contributed by atoms with Gasteiger partial charge in [-0.1, -0.05) is 18.2 Å². The van der Waals surface area contributed by atoms with Crippen LogP contribution < -0.4 is 0 Å². The van der Waals surface area contributed by atoms with Crippen LogP contribution in [0.3, 0.4) is 0 Å². The molecule has 0 radical (unpaired) electrons. The van der Waals surface area contributed by atoms with Crippen molar-refractivity contribution in [2.24, 2.45) is 0 Å². The highest BCUT2D eigenvalue weighted by atomic mass is 32.2. The summed E-state index contributed by atoms with van der Waals surface area (Å²) in [6.45, 7) is 0. The number of hydrogen-bond donors (Lipinski definition) is 0. The zero-order chi connectivity index (χ0) is 12.0. The summed E-state index contributed by atoms with van der Waals surface area (Å²) in [4.78, 5) is 11.6. The van der Waals surface area contributed by atoms with E-state index in [0.717, 1.165) is 11.2 Å². The molecular formula is C10H12O4S2. The van der Waals surface area contributed by atoms with Crippen molar-refractivity contribution < 1.29 is 17.4 Å². The number of hydrogen-bond acceptors (Lipinski definition) is 5. The monoisotopic (exact) mass is 260 g/mol. The Morgan fingerprint density at radius 2 is 2.00 bits per heavy atom. The van der Waals surface area contributed by atoms with Gasteiger partial charge in [0.2, 0.25) is 0 Å². The Balaban J connectivity index is 2.50. The topological polar surface area (TPSA) is 60.4 Å². The van der Waals surface area contributed by atoms with Gasteiger partial charge in [-0.2, -0.15) is 8.42 Å². The third-order valence-electron chi connectivity index (χ3n) is 1.61. The highest BCUT2D eigenvalue weighted by molar-refractivity contribution is 7.99. The summed E-state index contributed by atoms with van der Waals surface area (Å²) in [5.74, 6) is 0.278. The van der Waals surface area contributed by atoms with Crippen LogP contribution >= 0.6 is 11.8 Å². The quantitative estimate of drug-likeness (QED) is 0.438. The van der Waals surface area contributed by atoms with Crippen molar-refractivity contribution in [1.29, 1.82) is 0 Å². The van der Waals surface area contributed by atoms with E-state index in [1.807, 2.05) is 30.3 Å². The fourth-order valence-electron chi connectivity index (χ4n) is 1.01. The molecule has 0 saturated heterocycles. The van der Waals surface area contributed by atoms with E-state index in [9.17, 15) is 13.2 Å². The van der Waals surface area contributed by atoms with Gasteiger partial charge in [0.1, 0.15) is 6.10 Å². The average Bonchev–Trinajstić information content (AvgIpc) is 2.24. The molecule has 0 aliphatic rings. The molecule has 0 heterocycles. The Hall–Kier alpha value is -0.850. The summed E-state index contributed by atoms with van der Waals surface area (Å²) >= 11 is 1.37. The van der Waals surface area contributed by atoms with Crippen molar-refractivity contribution in [3.05, 3.63) is 30.3 Å². The number of rotatable bonds is 6. The molecule has 0 N–H and O–H groups in total. The van der Waals surface area contributed by atoms with E-state index in [0.29, 0.717) is 6.29 Å². The van der Waals surface area contributed by atoms with E-state index in [2.05, 4.69) is 4.18 Å². The van der Waals surface area contributed by atoms with Crippen LogP contribution in [-0.4, -0.2) is 32.8 Å². The Morgan fingerprint density at radius 3 is 2.50 bits per heavy atom. The molecule has 1 unspecified atom stereocenters. The van der Waals surface area contributed by atoms with Crippen LogP contribution in [0.1, 0.15) is 0 Å². The highest BCUT2D eigenvalue weighted by Gasteiger charge is 2.14. The first-order chi connectivity index (χ1) is 7.51. The molecule has 0 spiro atoms. The Bertz CT molecular complexity index is 427. The third-order valence-corrected chi connectivity index (χ3v) is 3.31. The van der Waals surface area contributed by atoms with Gasteiger partial charge in [0.15, 0.2) is 6.29 Å². The van der Waals surface area contributed by atoms with E-state index in [-0.39, 0.29) is 5.75 Å². The zero-order valence-electron chi connectivity index (χ0n) is 8.70. The minimum atomic E-state index is -3.58. The zero-order valence-corrected chi connectivity index (χ0v) is 10.3. The Kier molecular flexibility index (Phi) is 4.98. The molecule has 1 rings (SSSR count). The molecule has 0 amide bonds. The summed E-state index contributed by atoms with van der Waals surface area (Å²) in [7, 11) is -3.58. The first kappa shape index (κ1) is 13.2. The Labute approximate surface area is 99.1 Å². The number of carbonyl (C=O) groups is 1. The van der Waals surface area contributed by atoms with Crippen LogP contribution in [0.25, 0.3) is 0 Å². The van der Waals surface area contributed by atoms with Gasteiger partial charge < -0.3 is 4.79 Å². The largest absolute Gasteiger partial charge is 0.300 e. The SMILES string of the molecule is CS(=O)(=O)OC(C=O)CSc1ccccc1. The molecule has 0 aliphatic carbocycles. The number of aldehydes is 1. The molecule has 88 valence electrons. The third kappa shape index (κ3) is 5.29. The van der Waals surface area contributed by atoms with E-state index in [4.69, 9.17) is 0 Å². The van der Waals surface area contributed by atoms with Crippen LogP contribution in [0.5, 0.6) is 0 Å². The lowest BCUT2D eigenvalue weighted by atomic mass is 10.4. The normalized spacial score (nSPS) is 13.3. The van der Waals surface area contributed by atoms with Crippen LogP contribution in [0, 0.1) is 0 Å². The van der Waals surface area contributed by atoms with Gasteiger partial charge in [0.25, 0.3) is 10.1 Å². The summed E-state index contributed by atoms with van der Waals surface area (Å²) in [5.41, 5.74) is 0. The van der Waals surface area contributed by atoms with Gasteiger partial charge in [-0.3, -0.25) is 4.18 Å². The van der Waals surface area contributed by atoms with Crippen LogP contribution in [0.15, 0.2) is 35.2 Å². The molecule has 1 aromatic rings. The van der Waals surface area contributed by atoms with Crippen molar-refractivity contribution in [2.75, 3.05) is 12.0 Å². The lowest BCUT2D eigenvalue weighted by Gasteiger charge is -2.08. The molecule has 6 heteroatoms. The molecule has 0 saturated carbocycles. The van der Waals surface area contributed by atoms with Gasteiger partial charge in [0.05, 0.1) is 6.26 Å². The number of thioether (sulfide) groups is 1. The summed E-state index contributed by atoms with van der Waals surface area (Å²) in [5, 5.41) is 0. The molecule has 1 atom stereocenters. The smallest absolute Gasteiger partial charge is 0.265 e. The molecular weight excluding hydrogens is 248 g/mol. The second-order valence-electron chi connectivity index (χ2n) is 3.10. The lowest BCUT2D eigenvalue weighted by molar-refractivity contribution is -0.112. The van der Waals surface area contributed by atoms with Crippen molar-refractivity contribution in [2.45, 2.75) is 11.0 Å². The second kappa shape index (κ2) is 6.03. The lowest BCUT2D eigenvalue weighted by Crippen LogP contribution is -2.21. The molecule has 16 heavy (non-hydrogen) atoms. The van der Waals surface area contributed by atoms with Crippen LogP contribution in [0.2, 0.25) is 0 Å². The van der Waals surface area contributed by atoms with E-state index in [1.54, 1.807) is 0 Å². The Morgan fingerprint density at radius 1 is 1.38 bits per heavy atom. The first-order valence-electron chi connectivity index (χ1n) is 4.52. The van der Waals surface area contributed by atoms with Gasteiger partial charge >= 0.3 is 0 Å². The van der Waals surface area contributed by atoms with Crippen LogP contribution in [0.4, 0.5) is 0 Å². The van der Waals surface area contributed by atoms with Gasteiger partial charge in [-0.05, 0) is 12.1 Å². The average molecular weight is 260 g/mol. The van der Waals surface area contributed by atoms with E-state index in [1.165, 1.54) is 11.8 Å². The van der Waals surface area contributed by atoms with Crippen molar-refractivity contribution in [1.82, 2.24) is 0 Å². The molecule has 0 fully saturated rings. The molecule has 4 nitrogen and oxygen atoms in total. The summed E-state index contributed by atoms with van der Waals surface area (Å²) in [6.07, 6.45) is 0.494. The molecule has 0 aliphatic heterocycles. The standard InChI is InChI=1S/C10H12O4S2/c1-16(12,13)14-9(7-11)8-15-10-5-3-2-4-6-10/h2-7,9H,8H2,1H3. The highest BCUT2D eigenvalue weighted by Crippen LogP contribution is 2.18. The maximum Gasteiger partial charge on any atom is 0.265 e. The van der Waals surface area contributed by atoms with Gasteiger partial charge in [-0.25, -0.2) is 0 Å². The summed E-state index contributed by atoms with van der Waals surface area (Å²) < 4.78 is 26.2. The van der Waals surface area contributed by atoms with E-state index < -0.39 is 16.2 Å². The molecule has 0 bridgehead atoms. The van der Waals surface area contributed by atoms with Gasteiger partial charge in [0, 0.05) is 10.6 Å². The molecule has 0 aromatic heterocycles. The van der Waals surface area contributed by atoms with Gasteiger partial charge in [-0.15, -0.1) is 11.8 Å².